The first-order valence-corrected chi connectivity index (χ1v) is 9.92. The second-order valence-electron chi connectivity index (χ2n) is 7.79. The van der Waals surface area contributed by atoms with Crippen molar-refractivity contribution in [2.24, 2.45) is 5.92 Å². The number of rotatable bonds is 6. The summed E-state index contributed by atoms with van der Waals surface area (Å²) < 4.78 is 5.31. The van der Waals surface area contributed by atoms with Crippen LogP contribution in [0.25, 0.3) is 0 Å². The van der Waals surface area contributed by atoms with Crippen molar-refractivity contribution < 1.29 is 19.4 Å². The molecule has 3 rings (SSSR count). The van der Waals surface area contributed by atoms with E-state index in [1.807, 2.05) is 31.2 Å². The Bertz CT molecular complexity index is 640. The Kier molecular flexibility index (Phi) is 6.85. The molecule has 2 amide bonds. The third kappa shape index (κ3) is 5.78. The van der Waals surface area contributed by atoms with E-state index in [2.05, 4.69) is 10.6 Å². The molecule has 1 aliphatic heterocycles. The fourth-order valence-electron chi connectivity index (χ4n) is 3.84. The third-order valence-electron chi connectivity index (χ3n) is 5.58. The van der Waals surface area contributed by atoms with E-state index in [1.54, 1.807) is 0 Å². The number of amides is 2. The Morgan fingerprint density at radius 3 is 2.52 bits per heavy atom. The Morgan fingerprint density at radius 1 is 1.11 bits per heavy atom. The molecule has 1 saturated carbocycles. The molecule has 0 aromatic heterocycles. The van der Waals surface area contributed by atoms with Crippen LogP contribution in [-0.2, 0) is 20.7 Å². The standard InChI is InChI=1S/C21H30N2O4/c1-14-2-4-15(5-3-14)6-7-20(25)23-18-12-16(13-19(18)24)21(26)22-17-8-10-27-11-9-17/h2-5,16-19,24H,6-13H2,1H3,(H,22,26)(H,23,25)/t16-,18-,19-/m0/s1. The molecule has 2 fully saturated rings. The predicted molar refractivity (Wildman–Crippen MR) is 102 cm³/mol. The molecule has 0 bridgehead atoms. The van der Waals surface area contributed by atoms with Crippen molar-refractivity contribution >= 4 is 11.8 Å². The lowest BCUT2D eigenvalue weighted by molar-refractivity contribution is -0.126. The van der Waals surface area contributed by atoms with Crippen LogP contribution < -0.4 is 10.6 Å². The molecule has 0 unspecified atom stereocenters. The minimum absolute atomic E-state index is 0.0163. The number of hydrogen-bond acceptors (Lipinski definition) is 4. The van der Waals surface area contributed by atoms with Gasteiger partial charge in [0.2, 0.25) is 11.8 Å². The van der Waals surface area contributed by atoms with Crippen LogP contribution in [0.5, 0.6) is 0 Å². The van der Waals surface area contributed by atoms with E-state index in [4.69, 9.17) is 4.74 Å². The van der Waals surface area contributed by atoms with Crippen LogP contribution in [0.1, 0.15) is 43.2 Å². The van der Waals surface area contributed by atoms with Gasteiger partial charge in [-0.3, -0.25) is 9.59 Å². The first kappa shape index (κ1) is 19.8. The molecule has 27 heavy (non-hydrogen) atoms. The van der Waals surface area contributed by atoms with Gasteiger partial charge >= 0.3 is 0 Å². The SMILES string of the molecule is Cc1ccc(CCC(=O)N[C@H]2C[C@H](C(=O)NC3CCOCC3)C[C@@H]2O)cc1. The molecular weight excluding hydrogens is 344 g/mol. The Hall–Kier alpha value is -1.92. The summed E-state index contributed by atoms with van der Waals surface area (Å²) in [5, 5.41) is 16.2. The van der Waals surface area contributed by atoms with Crippen molar-refractivity contribution in [3.8, 4) is 0 Å². The number of hydrogen-bond donors (Lipinski definition) is 3. The van der Waals surface area contributed by atoms with Crippen LogP contribution in [0.3, 0.4) is 0 Å². The molecular formula is C21H30N2O4. The summed E-state index contributed by atoms with van der Waals surface area (Å²) in [6.07, 6.45) is 2.94. The quantitative estimate of drug-likeness (QED) is 0.704. The van der Waals surface area contributed by atoms with Crippen molar-refractivity contribution in [2.75, 3.05) is 13.2 Å². The average Bonchev–Trinajstić information content (AvgIpc) is 3.03. The molecule has 0 radical (unpaired) electrons. The number of carbonyl (C=O) groups is 2. The van der Waals surface area contributed by atoms with Gasteiger partial charge in [-0.2, -0.15) is 0 Å². The van der Waals surface area contributed by atoms with E-state index in [0.717, 1.165) is 18.4 Å². The van der Waals surface area contributed by atoms with Gasteiger partial charge in [-0.15, -0.1) is 0 Å². The molecule has 1 saturated heterocycles. The van der Waals surface area contributed by atoms with E-state index < -0.39 is 6.10 Å². The molecule has 2 aliphatic rings. The van der Waals surface area contributed by atoms with Gasteiger partial charge in [-0.05, 0) is 44.6 Å². The van der Waals surface area contributed by atoms with E-state index in [9.17, 15) is 14.7 Å². The van der Waals surface area contributed by atoms with Crippen molar-refractivity contribution in [3.05, 3.63) is 35.4 Å². The van der Waals surface area contributed by atoms with Crippen molar-refractivity contribution in [2.45, 2.75) is 63.6 Å². The zero-order valence-corrected chi connectivity index (χ0v) is 15.9. The molecule has 1 aromatic rings. The molecule has 1 aromatic carbocycles. The van der Waals surface area contributed by atoms with Crippen LogP contribution in [0.2, 0.25) is 0 Å². The topological polar surface area (TPSA) is 87.7 Å². The molecule has 3 atom stereocenters. The lowest BCUT2D eigenvalue weighted by atomic mass is 10.0. The largest absolute Gasteiger partial charge is 0.391 e. The normalized spacial score (nSPS) is 25.9. The van der Waals surface area contributed by atoms with Gasteiger partial charge in [-0.1, -0.05) is 29.8 Å². The monoisotopic (exact) mass is 374 g/mol. The van der Waals surface area contributed by atoms with Crippen LogP contribution in [-0.4, -0.2) is 48.3 Å². The zero-order chi connectivity index (χ0) is 19.2. The molecule has 3 N–H and O–H groups in total. The summed E-state index contributed by atoms with van der Waals surface area (Å²) in [7, 11) is 0. The first-order valence-electron chi connectivity index (χ1n) is 9.92. The Morgan fingerprint density at radius 2 is 1.81 bits per heavy atom. The highest BCUT2D eigenvalue weighted by Gasteiger charge is 2.38. The predicted octanol–water partition coefficient (Wildman–Crippen LogP) is 1.48. The van der Waals surface area contributed by atoms with E-state index in [1.165, 1.54) is 5.56 Å². The van der Waals surface area contributed by atoms with Crippen LogP contribution >= 0.6 is 0 Å². The van der Waals surface area contributed by atoms with Gasteiger partial charge in [0.1, 0.15) is 0 Å². The Labute approximate surface area is 160 Å². The molecule has 0 spiro atoms. The number of nitrogens with one attached hydrogen (secondary N) is 2. The lowest BCUT2D eigenvalue weighted by Gasteiger charge is -2.24. The first-order chi connectivity index (χ1) is 13.0. The fourth-order valence-corrected chi connectivity index (χ4v) is 3.84. The molecule has 1 heterocycles. The van der Waals surface area contributed by atoms with E-state index in [-0.39, 0.29) is 29.8 Å². The third-order valence-corrected chi connectivity index (χ3v) is 5.58. The lowest BCUT2D eigenvalue weighted by Crippen LogP contribution is -2.42. The number of carbonyl (C=O) groups excluding carboxylic acids is 2. The maximum absolute atomic E-state index is 12.5. The number of ether oxygens (including phenoxy) is 1. The summed E-state index contributed by atoms with van der Waals surface area (Å²) in [6, 6.07) is 7.95. The second kappa shape index (κ2) is 9.33. The molecule has 6 heteroatoms. The molecule has 1 aliphatic carbocycles. The fraction of sp³-hybridized carbons (Fsp3) is 0.619. The highest BCUT2D eigenvalue weighted by molar-refractivity contribution is 5.80. The number of aliphatic hydroxyl groups is 1. The number of aryl methyl sites for hydroxylation is 2. The average molecular weight is 374 g/mol. The molecule has 148 valence electrons. The van der Waals surface area contributed by atoms with Crippen LogP contribution in [0, 0.1) is 12.8 Å². The van der Waals surface area contributed by atoms with Gasteiger partial charge in [0, 0.05) is 31.6 Å². The van der Waals surface area contributed by atoms with Crippen molar-refractivity contribution in [1.82, 2.24) is 10.6 Å². The highest BCUT2D eigenvalue weighted by atomic mass is 16.5. The van der Waals surface area contributed by atoms with Gasteiger partial charge in [-0.25, -0.2) is 0 Å². The van der Waals surface area contributed by atoms with Crippen LogP contribution in [0.4, 0.5) is 0 Å². The van der Waals surface area contributed by atoms with Crippen molar-refractivity contribution in [3.63, 3.8) is 0 Å². The van der Waals surface area contributed by atoms with Gasteiger partial charge in [0.15, 0.2) is 0 Å². The van der Waals surface area contributed by atoms with Crippen molar-refractivity contribution in [1.29, 1.82) is 0 Å². The van der Waals surface area contributed by atoms with Gasteiger partial charge in [0.05, 0.1) is 12.1 Å². The van der Waals surface area contributed by atoms with Crippen LogP contribution in [0.15, 0.2) is 24.3 Å². The Balaban J connectivity index is 1.42. The highest BCUT2D eigenvalue weighted by Crippen LogP contribution is 2.27. The molecule has 6 nitrogen and oxygen atoms in total. The van der Waals surface area contributed by atoms with E-state index in [0.29, 0.717) is 38.9 Å². The summed E-state index contributed by atoms with van der Waals surface area (Å²) in [5.41, 5.74) is 2.32. The smallest absolute Gasteiger partial charge is 0.223 e. The minimum Gasteiger partial charge on any atom is -0.391 e. The summed E-state index contributed by atoms with van der Waals surface area (Å²) in [5.74, 6) is -0.340. The zero-order valence-electron chi connectivity index (χ0n) is 15.9. The summed E-state index contributed by atoms with van der Waals surface area (Å²) in [4.78, 5) is 24.7. The van der Waals surface area contributed by atoms with E-state index >= 15 is 0 Å². The second-order valence-corrected chi connectivity index (χ2v) is 7.79. The minimum atomic E-state index is -0.668. The maximum atomic E-state index is 12.5. The number of aliphatic hydroxyl groups excluding tert-OH is 1. The van der Waals surface area contributed by atoms with Gasteiger partial charge in [0.25, 0.3) is 0 Å². The summed E-state index contributed by atoms with van der Waals surface area (Å²) >= 11 is 0. The number of benzene rings is 1. The summed E-state index contributed by atoms with van der Waals surface area (Å²) in [6.45, 7) is 3.39. The van der Waals surface area contributed by atoms with Gasteiger partial charge < -0.3 is 20.5 Å². The maximum Gasteiger partial charge on any atom is 0.223 e.